The number of carbonyl (C=O) groups is 1. The van der Waals surface area contributed by atoms with Crippen molar-refractivity contribution in [2.24, 2.45) is 5.92 Å². The zero-order valence-corrected chi connectivity index (χ0v) is 12.5. The van der Waals surface area contributed by atoms with E-state index in [2.05, 4.69) is 0 Å². The van der Waals surface area contributed by atoms with E-state index in [1.54, 1.807) is 0 Å². The fraction of sp³-hybridized carbons (Fsp3) is 0.933. The first kappa shape index (κ1) is 16.8. The number of ketones is 1. The topological polar surface area (TPSA) is 96.2 Å². The van der Waals surface area contributed by atoms with Gasteiger partial charge in [-0.05, 0) is 19.8 Å². The minimum atomic E-state index is -1.20. The monoisotopic (exact) mass is 302 g/mol. The van der Waals surface area contributed by atoms with Crippen LogP contribution in [0.1, 0.15) is 45.4 Å². The first-order chi connectivity index (χ1) is 10.0. The first-order valence-electron chi connectivity index (χ1n) is 7.80. The molecule has 21 heavy (non-hydrogen) atoms. The smallest absolute Gasteiger partial charge is 0.164 e. The van der Waals surface area contributed by atoms with Gasteiger partial charge in [0.1, 0.15) is 18.0 Å². The number of carbonyl (C=O) groups excluding carboxylic acids is 1. The first-order valence-corrected chi connectivity index (χ1v) is 7.80. The van der Waals surface area contributed by atoms with Crippen LogP contribution in [0.25, 0.3) is 0 Å². The highest BCUT2D eigenvalue weighted by Crippen LogP contribution is 2.32. The van der Waals surface area contributed by atoms with Crippen molar-refractivity contribution in [1.29, 1.82) is 0 Å². The van der Waals surface area contributed by atoms with Crippen molar-refractivity contribution in [3.05, 3.63) is 0 Å². The average molecular weight is 302 g/mol. The maximum Gasteiger partial charge on any atom is 0.164 e. The molecule has 1 aliphatic carbocycles. The Balaban J connectivity index is 2.06. The Labute approximate surface area is 125 Å². The van der Waals surface area contributed by atoms with Crippen LogP contribution in [-0.4, -0.2) is 58.4 Å². The minimum absolute atomic E-state index is 0.0555. The fourth-order valence-corrected chi connectivity index (χ4v) is 3.21. The normalized spacial score (nSPS) is 38.4. The van der Waals surface area contributed by atoms with Gasteiger partial charge in [0.05, 0.1) is 18.8 Å². The Morgan fingerprint density at radius 2 is 1.86 bits per heavy atom. The number of rotatable bonds is 5. The van der Waals surface area contributed by atoms with Gasteiger partial charge >= 0.3 is 0 Å². The molecule has 6 nitrogen and oxygen atoms in total. The van der Waals surface area contributed by atoms with Crippen LogP contribution in [0.4, 0.5) is 0 Å². The number of Topliss-reactive ketones (excluding diaryl/α,β-unsaturated/α-hetero) is 1. The van der Waals surface area contributed by atoms with Crippen LogP contribution in [0.5, 0.6) is 0 Å². The van der Waals surface area contributed by atoms with Crippen LogP contribution in [0.15, 0.2) is 0 Å². The highest BCUT2D eigenvalue weighted by molar-refractivity contribution is 5.75. The fourth-order valence-electron chi connectivity index (χ4n) is 3.21. The Kier molecular flexibility index (Phi) is 6.13. The molecule has 1 saturated carbocycles. The summed E-state index contributed by atoms with van der Waals surface area (Å²) in [6.07, 6.45) is 1.45. The van der Waals surface area contributed by atoms with E-state index in [9.17, 15) is 20.1 Å². The zero-order valence-electron chi connectivity index (χ0n) is 12.5. The quantitative estimate of drug-likeness (QED) is 0.679. The molecule has 0 aromatic rings. The number of aliphatic hydroxyl groups is 3. The van der Waals surface area contributed by atoms with Gasteiger partial charge < -0.3 is 29.6 Å². The lowest BCUT2D eigenvalue weighted by Gasteiger charge is -2.43. The van der Waals surface area contributed by atoms with Crippen LogP contribution in [0.2, 0.25) is 0 Å². The van der Waals surface area contributed by atoms with Crippen molar-refractivity contribution in [3.63, 3.8) is 0 Å². The molecule has 0 amide bonds. The second-order valence-electron chi connectivity index (χ2n) is 6.17. The van der Waals surface area contributed by atoms with Crippen molar-refractivity contribution in [1.82, 2.24) is 0 Å². The molecule has 3 N–H and O–H groups in total. The molecule has 6 heteroatoms. The highest BCUT2D eigenvalue weighted by Gasteiger charge is 2.45. The van der Waals surface area contributed by atoms with E-state index in [-0.39, 0.29) is 18.3 Å². The predicted octanol–water partition coefficient (Wildman–Crippen LogP) is 0.370. The molecule has 0 spiro atoms. The lowest BCUT2D eigenvalue weighted by atomic mass is 9.87. The minimum Gasteiger partial charge on any atom is -0.394 e. The van der Waals surface area contributed by atoms with Crippen LogP contribution in [0, 0.1) is 5.92 Å². The van der Waals surface area contributed by atoms with Gasteiger partial charge in [-0.3, -0.25) is 0 Å². The Hall–Kier alpha value is -0.530. The van der Waals surface area contributed by atoms with E-state index in [4.69, 9.17) is 9.47 Å². The second-order valence-corrected chi connectivity index (χ2v) is 6.17. The predicted molar refractivity (Wildman–Crippen MR) is 74.5 cm³/mol. The lowest BCUT2D eigenvalue weighted by molar-refractivity contribution is -0.298. The van der Waals surface area contributed by atoms with E-state index < -0.39 is 37.1 Å². The van der Waals surface area contributed by atoms with Crippen molar-refractivity contribution in [3.8, 4) is 0 Å². The van der Waals surface area contributed by atoms with Crippen LogP contribution < -0.4 is 0 Å². The van der Waals surface area contributed by atoms with Gasteiger partial charge in [-0.2, -0.15) is 0 Å². The summed E-state index contributed by atoms with van der Waals surface area (Å²) in [5, 5.41) is 29.4. The maximum absolute atomic E-state index is 11.4. The van der Waals surface area contributed by atoms with E-state index in [0.29, 0.717) is 0 Å². The van der Waals surface area contributed by atoms with Gasteiger partial charge in [0.25, 0.3) is 0 Å². The molecule has 0 bridgehead atoms. The summed E-state index contributed by atoms with van der Waals surface area (Å²) in [5.41, 5.74) is 0. The van der Waals surface area contributed by atoms with Gasteiger partial charge in [0.15, 0.2) is 6.29 Å². The van der Waals surface area contributed by atoms with Gasteiger partial charge in [0, 0.05) is 12.3 Å². The summed E-state index contributed by atoms with van der Waals surface area (Å²) in [4.78, 5) is 11.4. The van der Waals surface area contributed by atoms with Crippen LogP contribution >= 0.6 is 0 Å². The van der Waals surface area contributed by atoms with Gasteiger partial charge in [-0.15, -0.1) is 0 Å². The number of hydrogen-bond donors (Lipinski definition) is 3. The third-order valence-corrected chi connectivity index (χ3v) is 4.41. The Bertz CT molecular complexity index is 341. The molecule has 0 aromatic carbocycles. The summed E-state index contributed by atoms with van der Waals surface area (Å²) in [5.74, 6) is -0.684. The molecule has 1 aliphatic heterocycles. The second kappa shape index (κ2) is 7.65. The Morgan fingerprint density at radius 1 is 1.19 bits per heavy atom. The highest BCUT2D eigenvalue weighted by atomic mass is 16.7. The van der Waals surface area contributed by atoms with Crippen LogP contribution in [0.3, 0.4) is 0 Å². The molecule has 0 radical (unpaired) electrons. The molecule has 1 heterocycles. The molecule has 0 unspecified atom stereocenters. The summed E-state index contributed by atoms with van der Waals surface area (Å²) in [7, 11) is 0. The molecule has 5 atom stereocenters. The number of aliphatic hydroxyl groups excluding tert-OH is 3. The lowest BCUT2D eigenvalue weighted by Crippen LogP contribution is -2.57. The van der Waals surface area contributed by atoms with Crippen molar-refractivity contribution in [2.45, 2.75) is 76.2 Å². The molecular formula is C15H26O6. The summed E-state index contributed by atoms with van der Waals surface area (Å²) < 4.78 is 11.5. The van der Waals surface area contributed by atoms with Gasteiger partial charge in [-0.1, -0.05) is 19.3 Å². The third kappa shape index (κ3) is 4.23. The summed E-state index contributed by atoms with van der Waals surface area (Å²) >= 11 is 0. The third-order valence-electron chi connectivity index (χ3n) is 4.41. The van der Waals surface area contributed by atoms with Gasteiger partial charge in [-0.25, -0.2) is 0 Å². The SMILES string of the molecule is CC(=O)C[C@H]1[C@@H](OC2CCCCC2)O[C@H](CO)[C@@H](O)[C@@H]1O. The van der Waals surface area contributed by atoms with E-state index in [1.807, 2.05) is 0 Å². The van der Waals surface area contributed by atoms with E-state index in [0.717, 1.165) is 25.7 Å². The summed E-state index contributed by atoms with van der Waals surface area (Å²) in [6, 6.07) is 0. The van der Waals surface area contributed by atoms with E-state index in [1.165, 1.54) is 13.3 Å². The molecule has 2 rings (SSSR count). The number of ether oxygens (including phenoxy) is 2. The van der Waals surface area contributed by atoms with E-state index >= 15 is 0 Å². The van der Waals surface area contributed by atoms with Crippen LogP contribution in [-0.2, 0) is 14.3 Å². The van der Waals surface area contributed by atoms with Crippen molar-refractivity contribution < 1.29 is 29.6 Å². The summed E-state index contributed by atoms with van der Waals surface area (Å²) in [6.45, 7) is 1.05. The maximum atomic E-state index is 11.4. The molecular weight excluding hydrogens is 276 g/mol. The van der Waals surface area contributed by atoms with Crippen molar-refractivity contribution >= 4 is 5.78 Å². The zero-order chi connectivity index (χ0) is 15.4. The number of hydrogen-bond acceptors (Lipinski definition) is 6. The Morgan fingerprint density at radius 3 is 2.43 bits per heavy atom. The molecule has 2 fully saturated rings. The molecule has 0 aromatic heterocycles. The van der Waals surface area contributed by atoms with Crippen molar-refractivity contribution in [2.75, 3.05) is 6.61 Å². The van der Waals surface area contributed by atoms with Gasteiger partial charge in [0.2, 0.25) is 0 Å². The largest absolute Gasteiger partial charge is 0.394 e. The molecule has 122 valence electrons. The molecule has 2 aliphatic rings. The average Bonchev–Trinajstić information content (AvgIpc) is 2.47. The molecule has 1 saturated heterocycles. The standard InChI is InChI=1S/C15H26O6/c1-9(17)7-11-13(18)14(19)12(8-16)21-15(11)20-10-5-3-2-4-6-10/h10-16,18-19H,2-8H2,1H3/t11-,12-,13-,14-,15+/m1/s1.